The molecule has 1 aromatic carbocycles. The number of benzene rings is 1. The van der Waals surface area contributed by atoms with E-state index in [-0.39, 0.29) is 5.91 Å². The van der Waals surface area contributed by atoms with E-state index >= 15 is 0 Å². The predicted molar refractivity (Wildman–Crippen MR) is 76.6 cm³/mol. The Morgan fingerprint density at radius 3 is 2.79 bits per heavy atom. The standard InChI is InChI=1S/C16H20N2O/c19-16(9-6-13-4-2-1-3-5-13)18-11-10-14-7-8-15(12-18)17-14/h1-6,9,14-15,17H,7-8,10-12H2/b9-6+. The fourth-order valence-electron chi connectivity index (χ4n) is 2.98. The SMILES string of the molecule is O=C(/C=C/c1ccccc1)N1CCC2CCC(C1)N2. The first-order valence-corrected chi connectivity index (χ1v) is 7.09. The lowest BCUT2D eigenvalue weighted by Crippen LogP contribution is -2.38. The van der Waals surface area contributed by atoms with Gasteiger partial charge in [0.1, 0.15) is 0 Å². The number of nitrogens with zero attached hydrogens (tertiary/aromatic N) is 1. The van der Waals surface area contributed by atoms with Crippen LogP contribution in [0.15, 0.2) is 36.4 Å². The van der Waals surface area contributed by atoms with Gasteiger partial charge >= 0.3 is 0 Å². The summed E-state index contributed by atoms with van der Waals surface area (Å²) in [5, 5.41) is 3.59. The Morgan fingerprint density at radius 1 is 1.16 bits per heavy atom. The largest absolute Gasteiger partial charge is 0.338 e. The Morgan fingerprint density at radius 2 is 1.95 bits per heavy atom. The molecule has 2 aliphatic rings. The highest BCUT2D eigenvalue weighted by Gasteiger charge is 2.30. The Kier molecular flexibility index (Phi) is 3.65. The lowest BCUT2D eigenvalue weighted by atomic mass is 10.1. The van der Waals surface area contributed by atoms with E-state index in [1.807, 2.05) is 41.3 Å². The van der Waals surface area contributed by atoms with E-state index in [0.29, 0.717) is 12.1 Å². The topological polar surface area (TPSA) is 32.3 Å². The fourth-order valence-corrected chi connectivity index (χ4v) is 2.98. The quantitative estimate of drug-likeness (QED) is 0.821. The first kappa shape index (κ1) is 12.4. The van der Waals surface area contributed by atoms with Crippen LogP contribution in [-0.4, -0.2) is 36.0 Å². The van der Waals surface area contributed by atoms with Crippen molar-refractivity contribution in [2.24, 2.45) is 0 Å². The molecule has 19 heavy (non-hydrogen) atoms. The van der Waals surface area contributed by atoms with Crippen LogP contribution in [0.3, 0.4) is 0 Å². The highest BCUT2D eigenvalue weighted by molar-refractivity contribution is 5.91. The van der Waals surface area contributed by atoms with Crippen molar-refractivity contribution in [3.8, 4) is 0 Å². The predicted octanol–water partition coefficient (Wildman–Crippen LogP) is 2.05. The number of carbonyl (C=O) groups is 1. The van der Waals surface area contributed by atoms with Gasteiger partial charge in [0.15, 0.2) is 0 Å². The smallest absolute Gasteiger partial charge is 0.246 e. The van der Waals surface area contributed by atoms with Gasteiger partial charge in [0.25, 0.3) is 0 Å². The number of likely N-dealkylation sites (tertiary alicyclic amines) is 1. The van der Waals surface area contributed by atoms with E-state index < -0.39 is 0 Å². The van der Waals surface area contributed by atoms with Gasteiger partial charge in [-0.2, -0.15) is 0 Å². The average molecular weight is 256 g/mol. The summed E-state index contributed by atoms with van der Waals surface area (Å²) >= 11 is 0. The molecule has 0 spiro atoms. The molecule has 1 aromatic rings. The third-order valence-electron chi connectivity index (χ3n) is 4.05. The Bertz CT molecular complexity index is 469. The Labute approximate surface area is 114 Å². The van der Waals surface area contributed by atoms with Crippen LogP contribution in [-0.2, 0) is 4.79 Å². The van der Waals surface area contributed by atoms with Crippen LogP contribution in [0.4, 0.5) is 0 Å². The number of hydrogen-bond acceptors (Lipinski definition) is 2. The van der Waals surface area contributed by atoms with Crippen molar-refractivity contribution >= 4 is 12.0 Å². The summed E-state index contributed by atoms with van der Waals surface area (Å²) in [5.41, 5.74) is 1.07. The summed E-state index contributed by atoms with van der Waals surface area (Å²) in [6.07, 6.45) is 7.16. The van der Waals surface area contributed by atoms with Gasteiger partial charge in [-0.05, 0) is 30.9 Å². The molecular weight excluding hydrogens is 236 g/mol. The minimum absolute atomic E-state index is 0.137. The van der Waals surface area contributed by atoms with Gasteiger partial charge in [-0.1, -0.05) is 30.3 Å². The van der Waals surface area contributed by atoms with Gasteiger partial charge in [0, 0.05) is 31.2 Å². The second kappa shape index (κ2) is 5.57. The molecule has 100 valence electrons. The molecule has 1 N–H and O–H groups in total. The van der Waals surface area contributed by atoms with Crippen molar-refractivity contribution in [1.82, 2.24) is 10.2 Å². The number of hydrogen-bond donors (Lipinski definition) is 1. The molecule has 2 aliphatic heterocycles. The number of rotatable bonds is 2. The van der Waals surface area contributed by atoms with E-state index in [9.17, 15) is 4.79 Å². The molecule has 0 aliphatic carbocycles. The van der Waals surface area contributed by atoms with Crippen molar-refractivity contribution in [3.63, 3.8) is 0 Å². The zero-order chi connectivity index (χ0) is 13.1. The third kappa shape index (κ3) is 3.04. The molecule has 1 amide bonds. The monoisotopic (exact) mass is 256 g/mol. The molecule has 2 unspecified atom stereocenters. The highest BCUT2D eigenvalue weighted by Crippen LogP contribution is 2.20. The first-order valence-electron chi connectivity index (χ1n) is 7.09. The second-order valence-corrected chi connectivity index (χ2v) is 5.45. The van der Waals surface area contributed by atoms with Crippen molar-refractivity contribution in [3.05, 3.63) is 42.0 Å². The fraction of sp³-hybridized carbons (Fsp3) is 0.438. The molecule has 2 fully saturated rings. The second-order valence-electron chi connectivity index (χ2n) is 5.45. The van der Waals surface area contributed by atoms with Crippen molar-refractivity contribution < 1.29 is 4.79 Å². The van der Waals surface area contributed by atoms with Gasteiger partial charge < -0.3 is 10.2 Å². The van der Waals surface area contributed by atoms with Crippen LogP contribution >= 0.6 is 0 Å². The summed E-state index contributed by atoms with van der Waals surface area (Å²) in [7, 11) is 0. The van der Waals surface area contributed by atoms with Crippen LogP contribution in [0.25, 0.3) is 6.08 Å². The summed E-state index contributed by atoms with van der Waals surface area (Å²) in [6.45, 7) is 1.74. The maximum atomic E-state index is 12.2. The molecular formula is C16H20N2O. The molecule has 0 saturated carbocycles. The van der Waals surface area contributed by atoms with Crippen LogP contribution in [0.5, 0.6) is 0 Å². The van der Waals surface area contributed by atoms with E-state index in [2.05, 4.69) is 5.32 Å². The number of nitrogens with one attached hydrogen (secondary N) is 1. The summed E-state index contributed by atoms with van der Waals surface area (Å²) in [5.74, 6) is 0.137. The Balaban J connectivity index is 1.62. The zero-order valence-electron chi connectivity index (χ0n) is 11.1. The van der Waals surface area contributed by atoms with Gasteiger partial charge in [-0.15, -0.1) is 0 Å². The van der Waals surface area contributed by atoms with Crippen LogP contribution in [0.1, 0.15) is 24.8 Å². The maximum Gasteiger partial charge on any atom is 0.246 e. The van der Waals surface area contributed by atoms with E-state index in [1.54, 1.807) is 6.08 Å². The van der Waals surface area contributed by atoms with Crippen LogP contribution in [0, 0.1) is 0 Å². The maximum absolute atomic E-state index is 12.2. The molecule has 0 aromatic heterocycles. The number of carbonyl (C=O) groups excluding carboxylic acids is 1. The number of fused-ring (bicyclic) bond motifs is 2. The summed E-state index contributed by atoms with van der Waals surface area (Å²) < 4.78 is 0. The third-order valence-corrected chi connectivity index (χ3v) is 4.05. The molecule has 0 radical (unpaired) electrons. The van der Waals surface area contributed by atoms with Crippen molar-refractivity contribution in [2.45, 2.75) is 31.3 Å². The molecule has 2 saturated heterocycles. The molecule has 2 heterocycles. The van der Waals surface area contributed by atoms with E-state index in [4.69, 9.17) is 0 Å². The Hall–Kier alpha value is -1.61. The first-order chi connectivity index (χ1) is 9.31. The summed E-state index contributed by atoms with van der Waals surface area (Å²) in [4.78, 5) is 14.2. The van der Waals surface area contributed by atoms with Gasteiger partial charge in [0.05, 0.1) is 0 Å². The van der Waals surface area contributed by atoms with Crippen molar-refractivity contribution in [1.29, 1.82) is 0 Å². The van der Waals surface area contributed by atoms with E-state index in [0.717, 1.165) is 25.1 Å². The normalized spacial score (nSPS) is 26.6. The van der Waals surface area contributed by atoms with Crippen LogP contribution in [0.2, 0.25) is 0 Å². The molecule has 2 bridgehead atoms. The van der Waals surface area contributed by atoms with Gasteiger partial charge in [0.2, 0.25) is 5.91 Å². The van der Waals surface area contributed by atoms with Gasteiger partial charge in [-0.3, -0.25) is 4.79 Å². The molecule has 3 nitrogen and oxygen atoms in total. The van der Waals surface area contributed by atoms with E-state index in [1.165, 1.54) is 12.8 Å². The zero-order valence-corrected chi connectivity index (χ0v) is 11.1. The molecule has 2 atom stereocenters. The molecule has 3 rings (SSSR count). The average Bonchev–Trinajstić information content (AvgIpc) is 2.77. The summed E-state index contributed by atoms with van der Waals surface area (Å²) in [6, 6.07) is 11.1. The van der Waals surface area contributed by atoms with Gasteiger partial charge in [-0.25, -0.2) is 0 Å². The van der Waals surface area contributed by atoms with Crippen molar-refractivity contribution in [2.75, 3.05) is 13.1 Å². The highest BCUT2D eigenvalue weighted by atomic mass is 16.2. The minimum Gasteiger partial charge on any atom is -0.338 e. The number of amides is 1. The lowest BCUT2D eigenvalue weighted by Gasteiger charge is -2.22. The lowest BCUT2D eigenvalue weighted by molar-refractivity contribution is -0.126. The molecule has 3 heteroatoms. The minimum atomic E-state index is 0.137. The van der Waals surface area contributed by atoms with Crippen LogP contribution < -0.4 is 5.32 Å².